The minimum atomic E-state index is -1.26. The zero-order valence-corrected chi connectivity index (χ0v) is 11.1. The Hall–Kier alpha value is -2.63. The van der Waals surface area contributed by atoms with E-state index in [2.05, 4.69) is 0 Å². The highest BCUT2D eigenvalue weighted by atomic mass is 16.5. The van der Waals surface area contributed by atoms with Crippen LogP contribution in [0, 0.1) is 5.92 Å². The lowest BCUT2D eigenvalue weighted by molar-refractivity contribution is -0.137. The van der Waals surface area contributed by atoms with E-state index in [0.29, 0.717) is 17.9 Å². The average Bonchev–Trinajstić information content (AvgIpc) is 2.38. The summed E-state index contributed by atoms with van der Waals surface area (Å²) in [5.74, 6) is -2.18. The van der Waals surface area contributed by atoms with Crippen molar-refractivity contribution in [2.75, 3.05) is 0 Å². The predicted molar refractivity (Wildman–Crippen MR) is 71.3 cm³/mol. The molecule has 20 heavy (non-hydrogen) atoms. The summed E-state index contributed by atoms with van der Waals surface area (Å²) in [6, 6.07) is 9.08. The topological polar surface area (TPSA) is 101 Å². The maximum absolute atomic E-state index is 11.1. The van der Waals surface area contributed by atoms with Gasteiger partial charge in [-0.2, -0.15) is 0 Å². The first-order chi connectivity index (χ1) is 9.32. The SMILES string of the molecule is CC(C)C(=O)Oc1ccccc1.O=C(O)C=CC(=O)O. The van der Waals surface area contributed by atoms with Gasteiger partial charge in [-0.25, -0.2) is 9.59 Å². The number of aliphatic carboxylic acids is 2. The number of hydrogen-bond acceptors (Lipinski definition) is 4. The lowest BCUT2D eigenvalue weighted by atomic mass is 10.2. The van der Waals surface area contributed by atoms with Gasteiger partial charge in [0.1, 0.15) is 5.75 Å². The van der Waals surface area contributed by atoms with Gasteiger partial charge in [-0.1, -0.05) is 32.0 Å². The summed E-state index contributed by atoms with van der Waals surface area (Å²) in [6.07, 6.45) is 1.12. The second-order valence-electron chi connectivity index (χ2n) is 3.90. The van der Waals surface area contributed by atoms with Crippen molar-refractivity contribution in [1.82, 2.24) is 0 Å². The summed E-state index contributed by atoms with van der Waals surface area (Å²) in [6.45, 7) is 3.62. The molecule has 0 atom stereocenters. The maximum atomic E-state index is 11.1. The van der Waals surface area contributed by atoms with Gasteiger partial charge in [-0.15, -0.1) is 0 Å². The molecule has 0 aliphatic heterocycles. The number of rotatable bonds is 4. The fourth-order valence-electron chi connectivity index (χ4n) is 0.865. The van der Waals surface area contributed by atoms with Gasteiger partial charge in [-0.05, 0) is 12.1 Å². The molecule has 0 aromatic heterocycles. The van der Waals surface area contributed by atoms with Crippen molar-refractivity contribution in [3.8, 4) is 5.75 Å². The Morgan fingerprint density at radius 3 is 1.80 bits per heavy atom. The standard InChI is InChI=1S/C10H12O2.C4H4O4/c1-8(2)10(11)12-9-6-4-3-5-7-9;5-3(6)1-2-4(7)8/h3-8H,1-2H3;1-2H,(H,5,6)(H,7,8). The van der Waals surface area contributed by atoms with Crippen LogP contribution in [-0.2, 0) is 14.4 Å². The molecular formula is C14H16O6. The third kappa shape index (κ3) is 9.41. The first kappa shape index (κ1) is 17.4. The normalized spacial score (nSPS) is 9.75. The highest BCUT2D eigenvalue weighted by molar-refractivity contribution is 5.89. The third-order valence-electron chi connectivity index (χ3n) is 1.80. The van der Waals surface area contributed by atoms with Crippen molar-refractivity contribution in [2.24, 2.45) is 5.92 Å². The first-order valence-corrected chi connectivity index (χ1v) is 5.73. The maximum Gasteiger partial charge on any atom is 0.328 e. The predicted octanol–water partition coefficient (Wildman–Crippen LogP) is 1.96. The van der Waals surface area contributed by atoms with Crippen molar-refractivity contribution in [2.45, 2.75) is 13.8 Å². The Kier molecular flexibility index (Phi) is 8.09. The molecule has 0 heterocycles. The summed E-state index contributed by atoms with van der Waals surface area (Å²) in [5, 5.41) is 15.6. The van der Waals surface area contributed by atoms with Crippen LogP contribution in [0.25, 0.3) is 0 Å². The van der Waals surface area contributed by atoms with E-state index in [-0.39, 0.29) is 11.9 Å². The quantitative estimate of drug-likeness (QED) is 0.496. The van der Waals surface area contributed by atoms with E-state index < -0.39 is 11.9 Å². The number of benzene rings is 1. The lowest BCUT2D eigenvalue weighted by Gasteiger charge is -2.05. The first-order valence-electron chi connectivity index (χ1n) is 5.73. The van der Waals surface area contributed by atoms with Crippen LogP contribution in [0.4, 0.5) is 0 Å². The average molecular weight is 280 g/mol. The number of ether oxygens (including phenoxy) is 1. The van der Waals surface area contributed by atoms with Gasteiger partial charge in [0.25, 0.3) is 0 Å². The molecule has 0 spiro atoms. The van der Waals surface area contributed by atoms with E-state index in [1.165, 1.54) is 0 Å². The molecule has 6 nitrogen and oxygen atoms in total. The van der Waals surface area contributed by atoms with Crippen molar-refractivity contribution < 1.29 is 29.3 Å². The molecule has 0 aliphatic rings. The Morgan fingerprint density at radius 1 is 1.00 bits per heavy atom. The number of para-hydroxylation sites is 1. The zero-order valence-electron chi connectivity index (χ0n) is 11.1. The second-order valence-corrected chi connectivity index (χ2v) is 3.90. The van der Waals surface area contributed by atoms with Crippen LogP contribution in [0.3, 0.4) is 0 Å². The van der Waals surface area contributed by atoms with Crippen molar-refractivity contribution in [3.63, 3.8) is 0 Å². The molecule has 0 amide bonds. The molecule has 0 fully saturated rings. The summed E-state index contributed by atoms with van der Waals surface area (Å²) in [4.78, 5) is 30.2. The molecule has 1 aromatic rings. The van der Waals surface area contributed by atoms with Gasteiger partial charge in [0.05, 0.1) is 5.92 Å². The van der Waals surface area contributed by atoms with Crippen LogP contribution in [0.1, 0.15) is 13.8 Å². The van der Waals surface area contributed by atoms with Crippen LogP contribution in [-0.4, -0.2) is 28.1 Å². The fourth-order valence-corrected chi connectivity index (χ4v) is 0.865. The molecule has 108 valence electrons. The van der Waals surface area contributed by atoms with E-state index in [1.54, 1.807) is 12.1 Å². The van der Waals surface area contributed by atoms with Crippen molar-refractivity contribution in [3.05, 3.63) is 42.5 Å². The Morgan fingerprint density at radius 2 is 1.45 bits per heavy atom. The van der Waals surface area contributed by atoms with Crippen LogP contribution in [0.2, 0.25) is 0 Å². The Labute approximate surface area is 116 Å². The molecule has 1 rings (SSSR count). The van der Waals surface area contributed by atoms with Gasteiger partial charge in [0, 0.05) is 12.2 Å². The molecule has 0 saturated heterocycles. The molecule has 0 unspecified atom stereocenters. The van der Waals surface area contributed by atoms with Crippen molar-refractivity contribution in [1.29, 1.82) is 0 Å². The molecule has 0 aliphatic carbocycles. The van der Waals surface area contributed by atoms with Gasteiger partial charge in [0.15, 0.2) is 0 Å². The van der Waals surface area contributed by atoms with E-state index in [1.807, 2.05) is 32.0 Å². The molecule has 0 radical (unpaired) electrons. The van der Waals surface area contributed by atoms with Gasteiger partial charge >= 0.3 is 17.9 Å². The van der Waals surface area contributed by atoms with Gasteiger partial charge in [-0.3, -0.25) is 4.79 Å². The van der Waals surface area contributed by atoms with Gasteiger partial charge < -0.3 is 14.9 Å². The smallest absolute Gasteiger partial charge is 0.328 e. The third-order valence-corrected chi connectivity index (χ3v) is 1.80. The highest BCUT2D eigenvalue weighted by Gasteiger charge is 2.08. The molecule has 0 bridgehead atoms. The Balaban J connectivity index is 0.000000396. The number of carbonyl (C=O) groups is 3. The van der Waals surface area contributed by atoms with Crippen molar-refractivity contribution >= 4 is 17.9 Å². The fraction of sp³-hybridized carbons (Fsp3) is 0.214. The van der Waals surface area contributed by atoms with E-state index in [9.17, 15) is 14.4 Å². The number of carboxylic acid groups (broad SMARTS) is 2. The largest absolute Gasteiger partial charge is 0.478 e. The highest BCUT2D eigenvalue weighted by Crippen LogP contribution is 2.10. The zero-order chi connectivity index (χ0) is 15.5. The summed E-state index contributed by atoms with van der Waals surface area (Å²) in [5.41, 5.74) is 0. The van der Waals surface area contributed by atoms with E-state index in [4.69, 9.17) is 14.9 Å². The number of esters is 1. The van der Waals surface area contributed by atoms with E-state index >= 15 is 0 Å². The van der Waals surface area contributed by atoms with Crippen LogP contribution >= 0.6 is 0 Å². The second kappa shape index (κ2) is 9.32. The lowest BCUT2D eigenvalue weighted by Crippen LogP contribution is -2.14. The van der Waals surface area contributed by atoms with Gasteiger partial charge in [0.2, 0.25) is 0 Å². The van der Waals surface area contributed by atoms with Crippen LogP contribution < -0.4 is 4.74 Å². The minimum absolute atomic E-state index is 0.0785. The monoisotopic (exact) mass is 280 g/mol. The summed E-state index contributed by atoms with van der Waals surface area (Å²) >= 11 is 0. The molecule has 2 N–H and O–H groups in total. The Bertz CT molecular complexity index is 460. The molecule has 6 heteroatoms. The van der Waals surface area contributed by atoms with Crippen LogP contribution in [0.15, 0.2) is 42.5 Å². The van der Waals surface area contributed by atoms with Crippen LogP contribution in [0.5, 0.6) is 5.75 Å². The molecule has 1 aromatic carbocycles. The summed E-state index contributed by atoms with van der Waals surface area (Å²) < 4.78 is 5.04. The number of carbonyl (C=O) groups excluding carboxylic acids is 1. The number of carboxylic acids is 2. The van der Waals surface area contributed by atoms with E-state index in [0.717, 1.165) is 0 Å². The minimum Gasteiger partial charge on any atom is -0.478 e. The summed E-state index contributed by atoms with van der Waals surface area (Å²) in [7, 11) is 0. The molecular weight excluding hydrogens is 264 g/mol. The molecule has 0 saturated carbocycles. The number of hydrogen-bond donors (Lipinski definition) is 2.